The molecular weight excluding hydrogens is 913 g/mol. The van der Waals surface area contributed by atoms with Gasteiger partial charge in [-0.15, -0.1) is 0 Å². The van der Waals surface area contributed by atoms with Gasteiger partial charge in [-0.2, -0.15) is 0 Å². The summed E-state index contributed by atoms with van der Waals surface area (Å²) < 4.78 is 33.6. The highest BCUT2D eigenvalue weighted by atomic mass is 16.7. The van der Waals surface area contributed by atoms with Gasteiger partial charge in [-0.1, -0.05) is 199 Å². The Kier molecular flexibility index (Phi) is 40.0. The molecule has 0 aromatic carbocycles. The maximum absolute atomic E-state index is 13.1. The van der Waals surface area contributed by atoms with Gasteiger partial charge in [0.1, 0.15) is 55.4 Å². The van der Waals surface area contributed by atoms with Crippen molar-refractivity contribution in [2.45, 2.75) is 306 Å². The first-order chi connectivity index (χ1) is 34.5. The van der Waals surface area contributed by atoms with E-state index in [0.717, 1.165) is 44.9 Å². The van der Waals surface area contributed by atoms with Crippen LogP contribution >= 0.6 is 0 Å². The summed E-state index contributed by atoms with van der Waals surface area (Å²) in [5.74, 6) is -0.930. The molecule has 0 radical (unpaired) electrons. The molecule has 2 fully saturated rings. The van der Waals surface area contributed by atoms with Crippen molar-refractivity contribution in [3.8, 4) is 0 Å². The summed E-state index contributed by atoms with van der Waals surface area (Å²) in [6.07, 6.45) is 28.2. The number of hydrogen-bond acceptors (Lipinski definition) is 15. The van der Waals surface area contributed by atoms with Crippen LogP contribution in [0.5, 0.6) is 0 Å². The Morgan fingerprint density at radius 3 is 1.25 bits per heavy atom. The van der Waals surface area contributed by atoms with E-state index >= 15 is 0 Å². The van der Waals surface area contributed by atoms with Crippen LogP contribution in [-0.2, 0) is 38.0 Å². The number of hydrogen-bond donors (Lipinski definition) is 7. The predicted octanol–water partition coefficient (Wildman–Crippen LogP) is 9.33. The van der Waals surface area contributed by atoms with Crippen LogP contribution in [-0.4, -0.2) is 142 Å². The van der Waals surface area contributed by atoms with Gasteiger partial charge in [0.25, 0.3) is 0 Å². The van der Waals surface area contributed by atoms with Crippen LogP contribution in [0.3, 0.4) is 0 Å². The number of aliphatic hydroxyl groups is 7. The van der Waals surface area contributed by atoms with Gasteiger partial charge in [-0.25, -0.2) is 0 Å². The molecule has 0 spiro atoms. The fourth-order valence-electron chi connectivity index (χ4n) is 9.27. The zero-order chi connectivity index (χ0) is 51.7. The number of carbonyl (C=O) groups excluding carboxylic acids is 2. The molecule has 2 saturated heterocycles. The molecule has 2 rings (SSSR count). The molecule has 11 atom stereocenters. The Hall–Kier alpha value is -1.76. The van der Waals surface area contributed by atoms with E-state index < -0.39 is 92.7 Å². The number of carbonyl (C=O) groups is 2. The first kappa shape index (κ1) is 65.4. The van der Waals surface area contributed by atoms with Gasteiger partial charge in [0.05, 0.1) is 19.8 Å². The molecule has 15 heteroatoms. The Bertz CT molecular complexity index is 1290. The lowest BCUT2D eigenvalue weighted by Gasteiger charge is -2.42. The fraction of sp³-hybridized carbons (Fsp3) is 0.929. The highest BCUT2D eigenvalue weighted by molar-refractivity contribution is 5.70. The zero-order valence-electron chi connectivity index (χ0n) is 44.5. The van der Waals surface area contributed by atoms with Crippen molar-refractivity contribution in [1.82, 2.24) is 0 Å². The minimum atomic E-state index is -1.76. The second-order valence-corrected chi connectivity index (χ2v) is 20.5. The summed E-state index contributed by atoms with van der Waals surface area (Å²) in [6, 6.07) is 0. The quantitative estimate of drug-likeness (QED) is 0.0171. The molecule has 418 valence electrons. The minimum Gasteiger partial charge on any atom is -0.462 e. The third kappa shape index (κ3) is 31.0. The van der Waals surface area contributed by atoms with Crippen molar-refractivity contribution in [2.75, 3.05) is 26.4 Å². The van der Waals surface area contributed by atoms with Crippen LogP contribution in [0, 0.1) is 0 Å². The van der Waals surface area contributed by atoms with Crippen molar-refractivity contribution in [2.24, 2.45) is 0 Å². The molecule has 0 aromatic heterocycles. The summed E-state index contributed by atoms with van der Waals surface area (Å²) in [5.41, 5.74) is 0. The maximum atomic E-state index is 13.1. The van der Waals surface area contributed by atoms with E-state index in [1.54, 1.807) is 0 Å². The number of allylic oxidation sites excluding steroid dienone is 2. The van der Waals surface area contributed by atoms with Gasteiger partial charge in [-0.05, 0) is 38.5 Å². The molecule has 0 aromatic rings. The van der Waals surface area contributed by atoms with E-state index in [0.29, 0.717) is 12.8 Å². The van der Waals surface area contributed by atoms with Gasteiger partial charge < -0.3 is 64.2 Å². The fourth-order valence-corrected chi connectivity index (χ4v) is 9.27. The lowest BCUT2D eigenvalue weighted by atomic mass is 9.98. The van der Waals surface area contributed by atoms with Crippen molar-refractivity contribution in [3.63, 3.8) is 0 Å². The Morgan fingerprint density at radius 1 is 0.437 bits per heavy atom. The average molecular weight is 1020 g/mol. The van der Waals surface area contributed by atoms with Crippen molar-refractivity contribution in [1.29, 1.82) is 0 Å². The van der Waals surface area contributed by atoms with E-state index in [9.17, 15) is 45.3 Å². The van der Waals surface area contributed by atoms with Gasteiger partial charge in [-0.3, -0.25) is 9.59 Å². The minimum absolute atomic E-state index is 0.168. The van der Waals surface area contributed by atoms with E-state index in [1.807, 2.05) is 0 Å². The molecule has 0 amide bonds. The smallest absolute Gasteiger partial charge is 0.306 e. The van der Waals surface area contributed by atoms with E-state index in [4.69, 9.17) is 28.4 Å². The van der Waals surface area contributed by atoms with E-state index in [-0.39, 0.29) is 26.1 Å². The van der Waals surface area contributed by atoms with Gasteiger partial charge in [0.15, 0.2) is 18.7 Å². The standard InChI is InChI=1S/C56H104O15/c1-3-5-7-9-11-13-15-17-18-19-20-21-22-23-24-25-27-29-31-33-35-37-39-48(59)69-44(41-66-47(58)38-36-34-32-30-28-26-16-14-12-10-8-6-4-2)42-67-55-54(65)52(63)50(61)46(71-55)43-68-56-53(64)51(62)49(60)45(40-57)70-56/h26,28,44-46,49-57,60-65H,3-25,27,29-43H2,1-2H3/b28-26+/t44-,45+,46+,49-,50-,51?,52?,53?,54?,55+,56+/m1/s1. The van der Waals surface area contributed by atoms with Crippen LogP contribution in [0.15, 0.2) is 12.2 Å². The summed E-state index contributed by atoms with van der Waals surface area (Å²) in [4.78, 5) is 25.8. The molecule has 0 saturated carbocycles. The predicted molar refractivity (Wildman–Crippen MR) is 275 cm³/mol. The number of rotatable bonds is 46. The lowest BCUT2D eigenvalue weighted by molar-refractivity contribution is -0.332. The van der Waals surface area contributed by atoms with Crippen LogP contribution in [0.2, 0.25) is 0 Å². The molecule has 2 aliphatic rings. The molecule has 0 aliphatic carbocycles. The molecule has 15 nitrogen and oxygen atoms in total. The first-order valence-electron chi connectivity index (χ1n) is 28.8. The van der Waals surface area contributed by atoms with E-state index in [1.165, 1.54) is 154 Å². The van der Waals surface area contributed by atoms with Crippen LogP contribution in [0.4, 0.5) is 0 Å². The average Bonchev–Trinajstić information content (AvgIpc) is 3.36. The number of esters is 2. The maximum Gasteiger partial charge on any atom is 0.306 e. The topological polar surface area (TPSA) is 231 Å². The summed E-state index contributed by atoms with van der Waals surface area (Å²) >= 11 is 0. The summed E-state index contributed by atoms with van der Waals surface area (Å²) in [6.45, 7) is 2.61. The molecule has 0 bridgehead atoms. The Morgan fingerprint density at radius 2 is 0.803 bits per heavy atom. The summed E-state index contributed by atoms with van der Waals surface area (Å²) in [7, 11) is 0. The Balaban J connectivity index is 1.74. The second-order valence-electron chi connectivity index (χ2n) is 20.5. The normalized spacial score (nSPS) is 25.2. The largest absolute Gasteiger partial charge is 0.462 e. The molecule has 71 heavy (non-hydrogen) atoms. The molecule has 7 N–H and O–H groups in total. The third-order valence-corrected chi connectivity index (χ3v) is 14.0. The summed E-state index contributed by atoms with van der Waals surface area (Å²) in [5, 5.41) is 72.2. The van der Waals surface area contributed by atoms with Crippen LogP contribution < -0.4 is 0 Å². The van der Waals surface area contributed by atoms with E-state index in [2.05, 4.69) is 26.0 Å². The molecule has 2 heterocycles. The van der Waals surface area contributed by atoms with Crippen LogP contribution in [0.1, 0.15) is 239 Å². The van der Waals surface area contributed by atoms with Crippen molar-refractivity contribution >= 4 is 11.9 Å². The van der Waals surface area contributed by atoms with Gasteiger partial charge in [0.2, 0.25) is 0 Å². The van der Waals surface area contributed by atoms with Crippen molar-refractivity contribution < 1.29 is 73.8 Å². The van der Waals surface area contributed by atoms with Crippen LogP contribution in [0.25, 0.3) is 0 Å². The second kappa shape index (κ2) is 43.5. The number of ether oxygens (including phenoxy) is 6. The highest BCUT2D eigenvalue weighted by Crippen LogP contribution is 2.27. The molecular formula is C56H104O15. The van der Waals surface area contributed by atoms with Crippen molar-refractivity contribution in [3.05, 3.63) is 12.2 Å². The molecule has 4 unspecified atom stereocenters. The molecule has 2 aliphatic heterocycles. The SMILES string of the molecule is CCCCCCCC/C=C/CCCCCC(=O)OC[C@H](CO[C@H]1O[C@@H](CO[C@H]2O[C@@H](CO)[C@@H](O)C(O)C2O)[C@@H](O)C(O)C1O)OC(=O)CCCCCCCCCCCCCCCCCCCCCCCC. The number of aliphatic hydroxyl groups excluding tert-OH is 7. The lowest BCUT2D eigenvalue weighted by Crippen LogP contribution is -2.61. The highest BCUT2D eigenvalue weighted by Gasteiger charge is 2.47. The third-order valence-electron chi connectivity index (χ3n) is 14.0. The number of unbranched alkanes of at least 4 members (excludes halogenated alkanes) is 30. The van der Waals surface area contributed by atoms with Gasteiger partial charge >= 0.3 is 11.9 Å². The Labute approximate surface area is 429 Å². The monoisotopic (exact) mass is 1020 g/mol. The first-order valence-corrected chi connectivity index (χ1v) is 28.8. The zero-order valence-corrected chi connectivity index (χ0v) is 44.5. The van der Waals surface area contributed by atoms with Gasteiger partial charge in [0, 0.05) is 12.8 Å².